The molecule has 21 heavy (non-hydrogen) atoms. The Labute approximate surface area is 132 Å². The molecule has 1 heterocycles. The van der Waals surface area contributed by atoms with E-state index in [1.807, 2.05) is 0 Å². The van der Waals surface area contributed by atoms with Gasteiger partial charge in [-0.25, -0.2) is 0 Å². The molecule has 126 valence electrons. The first kappa shape index (κ1) is 19.5. The third kappa shape index (κ3) is 9.24. The molecule has 1 saturated heterocycles. The predicted molar refractivity (Wildman–Crippen MR) is 91.6 cm³/mol. The molecule has 0 amide bonds. The molecule has 0 saturated carbocycles. The standard InChI is InChI=1S/C13H32O5Si3/c1-14-20(4,5)18-21(6,7)17-19(2,3)10-8-9-15-11-13-12-16-13/h13H,8-12H2,1-7H3. The van der Waals surface area contributed by atoms with E-state index in [1.165, 1.54) is 0 Å². The molecule has 1 atom stereocenters. The number of ether oxygens (including phenoxy) is 2. The van der Waals surface area contributed by atoms with Crippen molar-refractivity contribution in [2.45, 2.75) is 57.9 Å². The number of hydrogen-bond acceptors (Lipinski definition) is 5. The molecule has 0 aliphatic carbocycles. The summed E-state index contributed by atoms with van der Waals surface area (Å²) in [7, 11) is -4.17. The summed E-state index contributed by atoms with van der Waals surface area (Å²) in [5.74, 6) is 0. The van der Waals surface area contributed by atoms with Crippen LogP contribution in [0.15, 0.2) is 0 Å². The van der Waals surface area contributed by atoms with Crippen LogP contribution in [0.5, 0.6) is 0 Å². The highest BCUT2D eigenvalue weighted by atomic mass is 28.5. The zero-order chi connectivity index (χ0) is 16.1. The molecule has 5 nitrogen and oxygen atoms in total. The maximum Gasteiger partial charge on any atom is 0.322 e. The Hall–Kier alpha value is 0.451. The molecule has 1 aliphatic rings. The van der Waals surface area contributed by atoms with Crippen molar-refractivity contribution in [2.75, 3.05) is 26.9 Å². The summed E-state index contributed by atoms with van der Waals surface area (Å²) in [5.41, 5.74) is 0. The van der Waals surface area contributed by atoms with Gasteiger partial charge in [-0.1, -0.05) is 0 Å². The first-order chi connectivity index (χ1) is 9.55. The fourth-order valence-corrected chi connectivity index (χ4v) is 14.7. The lowest BCUT2D eigenvalue weighted by Gasteiger charge is -2.37. The lowest BCUT2D eigenvalue weighted by molar-refractivity contribution is 0.116. The van der Waals surface area contributed by atoms with E-state index in [4.69, 9.17) is 22.1 Å². The van der Waals surface area contributed by atoms with Crippen molar-refractivity contribution in [2.24, 2.45) is 0 Å². The largest absolute Gasteiger partial charge is 0.436 e. The van der Waals surface area contributed by atoms with E-state index >= 15 is 0 Å². The van der Waals surface area contributed by atoms with Crippen molar-refractivity contribution in [3.8, 4) is 0 Å². The van der Waals surface area contributed by atoms with Crippen molar-refractivity contribution in [3.05, 3.63) is 0 Å². The van der Waals surface area contributed by atoms with Gasteiger partial charge in [0.1, 0.15) is 6.10 Å². The normalized spacial score (nSPS) is 19.9. The molecule has 0 bridgehead atoms. The van der Waals surface area contributed by atoms with Crippen LogP contribution in [0, 0.1) is 0 Å². The fourth-order valence-electron chi connectivity index (χ4n) is 2.35. The van der Waals surface area contributed by atoms with Gasteiger partial charge < -0.3 is 22.1 Å². The van der Waals surface area contributed by atoms with Crippen molar-refractivity contribution in [1.82, 2.24) is 0 Å². The van der Waals surface area contributed by atoms with Crippen LogP contribution in [0.3, 0.4) is 0 Å². The summed E-state index contributed by atoms with van der Waals surface area (Å²) in [6, 6.07) is 1.09. The van der Waals surface area contributed by atoms with E-state index in [2.05, 4.69) is 39.3 Å². The van der Waals surface area contributed by atoms with Gasteiger partial charge in [0.05, 0.1) is 13.2 Å². The van der Waals surface area contributed by atoms with Gasteiger partial charge in [0.25, 0.3) is 0 Å². The van der Waals surface area contributed by atoms with Gasteiger partial charge in [0, 0.05) is 13.7 Å². The molecular formula is C13H32O5Si3. The van der Waals surface area contributed by atoms with E-state index in [0.29, 0.717) is 6.10 Å². The van der Waals surface area contributed by atoms with Crippen molar-refractivity contribution < 1.29 is 22.1 Å². The summed E-state index contributed by atoms with van der Waals surface area (Å²) < 4.78 is 28.8. The van der Waals surface area contributed by atoms with Crippen LogP contribution in [0.2, 0.25) is 45.3 Å². The van der Waals surface area contributed by atoms with Gasteiger partial charge in [0.15, 0.2) is 8.32 Å². The monoisotopic (exact) mass is 352 g/mol. The number of epoxide rings is 1. The van der Waals surface area contributed by atoms with Gasteiger partial charge in [0.2, 0.25) is 0 Å². The molecule has 1 rings (SSSR count). The van der Waals surface area contributed by atoms with Crippen LogP contribution in [-0.2, 0) is 22.1 Å². The molecule has 1 aliphatic heterocycles. The van der Waals surface area contributed by atoms with Crippen LogP contribution in [-0.4, -0.2) is 58.5 Å². The van der Waals surface area contributed by atoms with Crippen LogP contribution < -0.4 is 0 Å². The summed E-state index contributed by atoms with van der Waals surface area (Å²) in [6.45, 7) is 15.3. The molecule has 0 radical (unpaired) electrons. The predicted octanol–water partition coefficient (Wildman–Crippen LogP) is 3.08. The van der Waals surface area contributed by atoms with E-state index in [9.17, 15) is 0 Å². The van der Waals surface area contributed by atoms with Gasteiger partial charge in [-0.3, -0.25) is 0 Å². The lowest BCUT2D eigenvalue weighted by atomic mass is 10.5. The minimum Gasteiger partial charge on any atom is -0.436 e. The second-order valence-electron chi connectivity index (χ2n) is 7.10. The average molecular weight is 353 g/mol. The zero-order valence-electron chi connectivity index (χ0n) is 14.7. The molecule has 1 fully saturated rings. The molecule has 0 N–H and O–H groups in total. The van der Waals surface area contributed by atoms with Gasteiger partial charge in [-0.2, -0.15) is 0 Å². The van der Waals surface area contributed by atoms with Crippen LogP contribution in [0.4, 0.5) is 0 Å². The zero-order valence-corrected chi connectivity index (χ0v) is 17.7. The third-order valence-corrected chi connectivity index (χ3v) is 13.9. The van der Waals surface area contributed by atoms with Crippen molar-refractivity contribution >= 4 is 25.4 Å². The van der Waals surface area contributed by atoms with Crippen LogP contribution in [0.25, 0.3) is 0 Å². The Balaban J connectivity index is 2.27. The second kappa shape index (κ2) is 7.82. The highest BCUT2D eigenvalue weighted by Crippen LogP contribution is 2.24. The van der Waals surface area contributed by atoms with E-state index in [0.717, 1.165) is 32.3 Å². The van der Waals surface area contributed by atoms with E-state index in [1.54, 1.807) is 7.11 Å². The molecule has 0 spiro atoms. The first-order valence-electron chi connectivity index (χ1n) is 7.70. The average Bonchev–Trinajstić information content (AvgIpc) is 3.09. The van der Waals surface area contributed by atoms with Gasteiger partial charge >= 0.3 is 17.1 Å². The van der Waals surface area contributed by atoms with Gasteiger partial charge in [-0.05, 0) is 51.7 Å². The Morgan fingerprint density at radius 2 is 1.62 bits per heavy atom. The quantitative estimate of drug-likeness (QED) is 0.325. The van der Waals surface area contributed by atoms with Crippen LogP contribution >= 0.6 is 0 Å². The molecular weight excluding hydrogens is 320 g/mol. The van der Waals surface area contributed by atoms with Crippen LogP contribution in [0.1, 0.15) is 6.42 Å². The van der Waals surface area contributed by atoms with Crippen molar-refractivity contribution in [3.63, 3.8) is 0 Å². The minimum absolute atomic E-state index is 0.354. The summed E-state index contributed by atoms with van der Waals surface area (Å²) in [6.07, 6.45) is 1.40. The third-order valence-electron chi connectivity index (χ3n) is 3.28. The summed E-state index contributed by atoms with van der Waals surface area (Å²) >= 11 is 0. The number of hydrogen-bond donors (Lipinski definition) is 0. The van der Waals surface area contributed by atoms with Crippen molar-refractivity contribution in [1.29, 1.82) is 0 Å². The smallest absolute Gasteiger partial charge is 0.322 e. The Morgan fingerprint density at radius 3 is 2.14 bits per heavy atom. The van der Waals surface area contributed by atoms with E-state index < -0.39 is 25.4 Å². The molecule has 0 aromatic heterocycles. The number of rotatable bonds is 11. The Kier molecular flexibility index (Phi) is 7.26. The van der Waals surface area contributed by atoms with Gasteiger partial charge in [-0.15, -0.1) is 0 Å². The second-order valence-corrected chi connectivity index (χ2v) is 18.8. The minimum atomic E-state index is -2.13. The molecule has 0 aromatic carbocycles. The highest BCUT2D eigenvalue weighted by molar-refractivity contribution is 6.86. The van der Waals surface area contributed by atoms with E-state index in [-0.39, 0.29) is 0 Å². The highest BCUT2D eigenvalue weighted by Gasteiger charge is 2.40. The maximum atomic E-state index is 6.43. The Morgan fingerprint density at radius 1 is 1.00 bits per heavy atom. The summed E-state index contributed by atoms with van der Waals surface area (Å²) in [4.78, 5) is 0. The summed E-state index contributed by atoms with van der Waals surface area (Å²) in [5, 5.41) is 0. The fraction of sp³-hybridized carbons (Fsp3) is 1.00. The SMILES string of the molecule is CO[Si](C)(C)O[Si](C)(C)O[Si](C)(C)CCCOCC1CO1. The molecule has 1 unspecified atom stereocenters. The molecule has 8 heteroatoms. The lowest BCUT2D eigenvalue weighted by Crippen LogP contribution is -2.53. The molecule has 0 aromatic rings. The maximum absolute atomic E-state index is 6.43. The Bertz CT molecular complexity index is 319. The first-order valence-corrected chi connectivity index (χ1v) is 16.4. The topological polar surface area (TPSA) is 49.5 Å².